The van der Waals surface area contributed by atoms with E-state index in [0.29, 0.717) is 0 Å². The third kappa shape index (κ3) is 2.32. The highest BCUT2D eigenvalue weighted by atomic mass is 16.3. The third-order valence-corrected chi connectivity index (χ3v) is 2.72. The van der Waals surface area contributed by atoms with Crippen LogP contribution >= 0.6 is 0 Å². The topological polar surface area (TPSA) is 40.5 Å². The van der Waals surface area contributed by atoms with E-state index in [4.69, 9.17) is 0 Å². The summed E-state index contributed by atoms with van der Waals surface area (Å²) in [5.41, 5.74) is 0. The lowest BCUT2D eigenvalue weighted by Gasteiger charge is -2.28. The second-order valence-electron chi connectivity index (χ2n) is 3.61. The molecule has 0 saturated heterocycles. The van der Waals surface area contributed by atoms with Gasteiger partial charge in [0.05, 0.1) is 12.2 Å². The summed E-state index contributed by atoms with van der Waals surface area (Å²) in [5.74, 6) is 0.284. The molecule has 0 radical (unpaired) electrons. The molecule has 0 aliphatic heterocycles. The summed E-state index contributed by atoms with van der Waals surface area (Å²) in [4.78, 5) is 0. The Labute approximate surface area is 73.9 Å². The number of hydrogen-bond acceptors (Lipinski definition) is 2. The minimum Gasteiger partial charge on any atom is -0.390 e. The highest BCUT2D eigenvalue weighted by molar-refractivity contribution is 4.88. The van der Waals surface area contributed by atoms with Gasteiger partial charge >= 0.3 is 0 Å². The van der Waals surface area contributed by atoms with Crippen LogP contribution in [0.4, 0.5) is 0 Å². The first-order valence-electron chi connectivity index (χ1n) is 4.74. The van der Waals surface area contributed by atoms with Crippen LogP contribution in [0, 0.1) is 5.92 Å². The van der Waals surface area contributed by atoms with Crippen LogP contribution in [-0.2, 0) is 0 Å². The van der Waals surface area contributed by atoms with Gasteiger partial charge in [-0.25, -0.2) is 0 Å². The Hall–Kier alpha value is -0.340. The predicted octanol–water partition coefficient (Wildman–Crippen LogP) is 1.47. The summed E-state index contributed by atoms with van der Waals surface area (Å²) < 4.78 is 0. The van der Waals surface area contributed by atoms with E-state index < -0.39 is 12.2 Å². The van der Waals surface area contributed by atoms with Gasteiger partial charge < -0.3 is 10.2 Å². The lowest BCUT2D eigenvalue weighted by Crippen LogP contribution is -2.33. The molecule has 0 amide bonds. The van der Waals surface area contributed by atoms with Gasteiger partial charge in [0.2, 0.25) is 0 Å². The molecular weight excluding hydrogens is 152 g/mol. The maximum atomic E-state index is 9.62. The molecule has 0 heterocycles. The Morgan fingerprint density at radius 2 is 1.75 bits per heavy atom. The van der Waals surface area contributed by atoms with Crippen molar-refractivity contribution in [1.82, 2.24) is 0 Å². The van der Waals surface area contributed by atoms with Crippen LogP contribution in [-0.4, -0.2) is 22.4 Å². The molecule has 1 saturated carbocycles. The number of aliphatic hydroxyl groups excluding tert-OH is 2. The van der Waals surface area contributed by atoms with Crippen molar-refractivity contribution in [1.29, 1.82) is 0 Å². The molecule has 1 fully saturated rings. The van der Waals surface area contributed by atoms with Crippen molar-refractivity contribution in [2.45, 2.75) is 44.3 Å². The van der Waals surface area contributed by atoms with Crippen LogP contribution in [0.1, 0.15) is 32.1 Å². The quantitative estimate of drug-likeness (QED) is 0.630. The highest BCUT2D eigenvalue weighted by Gasteiger charge is 2.25. The Balaban J connectivity index is 2.38. The van der Waals surface area contributed by atoms with E-state index in [1.165, 1.54) is 25.3 Å². The van der Waals surface area contributed by atoms with Gasteiger partial charge in [0.25, 0.3) is 0 Å². The van der Waals surface area contributed by atoms with Crippen LogP contribution in [0.15, 0.2) is 12.7 Å². The second-order valence-corrected chi connectivity index (χ2v) is 3.61. The van der Waals surface area contributed by atoms with E-state index in [9.17, 15) is 10.2 Å². The summed E-state index contributed by atoms with van der Waals surface area (Å²) in [6.07, 6.45) is 5.82. The summed E-state index contributed by atoms with van der Waals surface area (Å²) in [7, 11) is 0. The maximum absolute atomic E-state index is 9.62. The molecule has 0 spiro atoms. The summed E-state index contributed by atoms with van der Waals surface area (Å²) in [5, 5.41) is 18.9. The standard InChI is InChI=1S/C10H18O2/c1-2-9(11)10(12)8-6-4-3-5-7-8/h2,8-12H,1,3-7H2/t9-,10-/m0/s1. The van der Waals surface area contributed by atoms with Crippen molar-refractivity contribution < 1.29 is 10.2 Å². The van der Waals surface area contributed by atoms with Gasteiger partial charge in [-0.15, -0.1) is 6.58 Å². The van der Waals surface area contributed by atoms with Crippen molar-refractivity contribution in [2.75, 3.05) is 0 Å². The maximum Gasteiger partial charge on any atom is 0.0980 e. The van der Waals surface area contributed by atoms with E-state index in [0.717, 1.165) is 12.8 Å². The minimum atomic E-state index is -0.743. The Morgan fingerprint density at radius 1 is 1.17 bits per heavy atom. The summed E-state index contributed by atoms with van der Waals surface area (Å²) in [6, 6.07) is 0. The van der Waals surface area contributed by atoms with E-state index in [1.54, 1.807) is 0 Å². The van der Waals surface area contributed by atoms with Gasteiger partial charge in [0.1, 0.15) is 0 Å². The van der Waals surface area contributed by atoms with Crippen LogP contribution in [0.5, 0.6) is 0 Å². The SMILES string of the molecule is C=C[C@H](O)[C@@H](O)C1CCCCC1. The summed E-state index contributed by atoms with van der Waals surface area (Å²) in [6.45, 7) is 3.47. The molecule has 0 unspecified atom stereocenters. The van der Waals surface area contributed by atoms with Crippen LogP contribution in [0.3, 0.4) is 0 Å². The molecule has 0 bridgehead atoms. The molecule has 2 atom stereocenters. The first kappa shape index (κ1) is 9.75. The minimum absolute atomic E-state index is 0.284. The first-order valence-corrected chi connectivity index (χ1v) is 4.74. The van der Waals surface area contributed by atoms with Crippen molar-refractivity contribution in [3.05, 3.63) is 12.7 Å². The fraction of sp³-hybridized carbons (Fsp3) is 0.800. The normalized spacial score (nSPS) is 24.8. The van der Waals surface area contributed by atoms with Crippen LogP contribution in [0.2, 0.25) is 0 Å². The molecule has 0 aromatic heterocycles. The monoisotopic (exact) mass is 170 g/mol. The van der Waals surface area contributed by atoms with Crippen molar-refractivity contribution in [3.63, 3.8) is 0 Å². The van der Waals surface area contributed by atoms with Gasteiger partial charge in [-0.05, 0) is 18.8 Å². The van der Waals surface area contributed by atoms with Crippen molar-refractivity contribution in [3.8, 4) is 0 Å². The molecule has 0 aromatic rings. The van der Waals surface area contributed by atoms with E-state index in [2.05, 4.69) is 6.58 Å². The Morgan fingerprint density at radius 3 is 2.25 bits per heavy atom. The first-order chi connectivity index (χ1) is 5.75. The Bertz CT molecular complexity index is 139. The Kier molecular flexibility index (Phi) is 3.76. The van der Waals surface area contributed by atoms with Crippen molar-refractivity contribution in [2.24, 2.45) is 5.92 Å². The average Bonchev–Trinajstić information content (AvgIpc) is 2.17. The van der Waals surface area contributed by atoms with Gasteiger partial charge in [-0.1, -0.05) is 25.3 Å². The largest absolute Gasteiger partial charge is 0.390 e. The molecule has 2 N–H and O–H groups in total. The highest BCUT2D eigenvalue weighted by Crippen LogP contribution is 2.27. The summed E-state index contributed by atoms with van der Waals surface area (Å²) >= 11 is 0. The van der Waals surface area contributed by atoms with E-state index in [-0.39, 0.29) is 5.92 Å². The molecule has 12 heavy (non-hydrogen) atoms. The average molecular weight is 170 g/mol. The number of rotatable bonds is 3. The van der Waals surface area contributed by atoms with Crippen LogP contribution < -0.4 is 0 Å². The van der Waals surface area contributed by atoms with Crippen molar-refractivity contribution >= 4 is 0 Å². The lowest BCUT2D eigenvalue weighted by atomic mass is 9.83. The fourth-order valence-corrected chi connectivity index (χ4v) is 1.89. The smallest absolute Gasteiger partial charge is 0.0980 e. The molecule has 1 aliphatic carbocycles. The number of hydrogen-bond donors (Lipinski definition) is 2. The zero-order chi connectivity index (χ0) is 8.97. The number of aliphatic hydroxyl groups is 2. The zero-order valence-electron chi connectivity index (χ0n) is 7.45. The molecule has 70 valence electrons. The van der Waals surface area contributed by atoms with Gasteiger partial charge in [-0.2, -0.15) is 0 Å². The van der Waals surface area contributed by atoms with E-state index >= 15 is 0 Å². The molecule has 2 heteroatoms. The van der Waals surface area contributed by atoms with Gasteiger partial charge in [0.15, 0.2) is 0 Å². The van der Waals surface area contributed by atoms with Crippen LogP contribution in [0.25, 0.3) is 0 Å². The zero-order valence-corrected chi connectivity index (χ0v) is 7.45. The van der Waals surface area contributed by atoms with E-state index in [1.807, 2.05) is 0 Å². The van der Waals surface area contributed by atoms with Gasteiger partial charge in [-0.3, -0.25) is 0 Å². The predicted molar refractivity (Wildman–Crippen MR) is 48.8 cm³/mol. The lowest BCUT2D eigenvalue weighted by molar-refractivity contribution is -0.00356. The molecule has 2 nitrogen and oxygen atoms in total. The molecule has 1 rings (SSSR count). The fourth-order valence-electron chi connectivity index (χ4n) is 1.89. The third-order valence-electron chi connectivity index (χ3n) is 2.72. The van der Waals surface area contributed by atoms with Gasteiger partial charge in [0, 0.05) is 0 Å². The molecular formula is C10H18O2. The molecule has 1 aliphatic rings. The molecule has 0 aromatic carbocycles. The second kappa shape index (κ2) is 4.63.